The van der Waals surface area contributed by atoms with E-state index in [0.717, 1.165) is 10.3 Å². The number of hydrogen-bond acceptors (Lipinski definition) is 2. The van der Waals surface area contributed by atoms with Crippen LogP contribution in [0, 0.1) is 0 Å². The SMILES string of the molecule is Brc1ccc(NC2(c3ccccc3)CC2)nc1. The number of aromatic nitrogens is 1. The zero-order valence-electron chi connectivity index (χ0n) is 9.36. The van der Waals surface area contributed by atoms with Gasteiger partial charge in [-0.1, -0.05) is 30.3 Å². The molecule has 1 aromatic heterocycles. The van der Waals surface area contributed by atoms with Gasteiger partial charge < -0.3 is 5.32 Å². The van der Waals surface area contributed by atoms with E-state index in [1.54, 1.807) is 0 Å². The molecule has 0 amide bonds. The van der Waals surface area contributed by atoms with E-state index in [-0.39, 0.29) is 5.54 Å². The fourth-order valence-electron chi connectivity index (χ4n) is 2.06. The van der Waals surface area contributed by atoms with Crippen molar-refractivity contribution in [3.8, 4) is 0 Å². The van der Waals surface area contributed by atoms with Crippen molar-refractivity contribution in [1.29, 1.82) is 0 Å². The number of rotatable bonds is 3. The summed E-state index contributed by atoms with van der Waals surface area (Å²) in [4.78, 5) is 4.37. The third-order valence-corrected chi connectivity index (χ3v) is 3.64. The molecule has 0 unspecified atom stereocenters. The molecule has 2 aromatic rings. The van der Waals surface area contributed by atoms with E-state index >= 15 is 0 Å². The van der Waals surface area contributed by atoms with Gasteiger partial charge in [-0.2, -0.15) is 0 Å². The van der Waals surface area contributed by atoms with E-state index in [0.29, 0.717) is 0 Å². The van der Waals surface area contributed by atoms with Crippen LogP contribution >= 0.6 is 15.9 Å². The fourth-order valence-corrected chi connectivity index (χ4v) is 2.30. The number of halogens is 1. The van der Waals surface area contributed by atoms with Crippen molar-refractivity contribution in [3.63, 3.8) is 0 Å². The predicted molar refractivity (Wildman–Crippen MR) is 72.9 cm³/mol. The summed E-state index contributed by atoms with van der Waals surface area (Å²) in [7, 11) is 0. The molecule has 17 heavy (non-hydrogen) atoms. The summed E-state index contributed by atoms with van der Waals surface area (Å²) in [6.45, 7) is 0. The first-order chi connectivity index (χ1) is 8.28. The first-order valence-electron chi connectivity index (χ1n) is 5.74. The average molecular weight is 289 g/mol. The van der Waals surface area contributed by atoms with Crippen molar-refractivity contribution in [2.24, 2.45) is 0 Å². The maximum absolute atomic E-state index is 4.37. The Morgan fingerprint density at radius 2 is 1.82 bits per heavy atom. The number of hydrogen-bond donors (Lipinski definition) is 1. The highest BCUT2D eigenvalue weighted by molar-refractivity contribution is 9.10. The summed E-state index contributed by atoms with van der Waals surface area (Å²) in [5, 5.41) is 3.54. The lowest BCUT2D eigenvalue weighted by atomic mass is 10.1. The molecule has 3 heteroatoms. The zero-order valence-corrected chi connectivity index (χ0v) is 10.9. The first kappa shape index (κ1) is 10.8. The Hall–Kier alpha value is -1.35. The van der Waals surface area contributed by atoms with Crippen LogP contribution in [0.2, 0.25) is 0 Å². The van der Waals surface area contributed by atoms with Gasteiger partial charge in [0.2, 0.25) is 0 Å². The lowest BCUT2D eigenvalue weighted by Crippen LogP contribution is -2.19. The van der Waals surface area contributed by atoms with E-state index in [1.165, 1.54) is 18.4 Å². The first-order valence-corrected chi connectivity index (χ1v) is 6.53. The Balaban J connectivity index is 1.83. The average Bonchev–Trinajstić information content (AvgIpc) is 3.15. The summed E-state index contributed by atoms with van der Waals surface area (Å²) in [6, 6.07) is 14.6. The third-order valence-electron chi connectivity index (χ3n) is 3.17. The van der Waals surface area contributed by atoms with Crippen LogP contribution in [0.25, 0.3) is 0 Å². The van der Waals surface area contributed by atoms with Crippen LogP contribution in [0.4, 0.5) is 5.82 Å². The molecular formula is C14H13BrN2. The largest absolute Gasteiger partial charge is 0.361 e. The van der Waals surface area contributed by atoms with E-state index in [2.05, 4.69) is 56.6 Å². The summed E-state index contributed by atoms with van der Waals surface area (Å²) in [6.07, 6.45) is 4.17. The molecule has 86 valence electrons. The van der Waals surface area contributed by atoms with Crippen LogP contribution in [0.3, 0.4) is 0 Å². The summed E-state index contributed by atoms with van der Waals surface area (Å²) >= 11 is 3.40. The topological polar surface area (TPSA) is 24.9 Å². The maximum atomic E-state index is 4.37. The number of nitrogens with one attached hydrogen (secondary N) is 1. The smallest absolute Gasteiger partial charge is 0.126 e. The van der Waals surface area contributed by atoms with Gasteiger partial charge in [-0.15, -0.1) is 0 Å². The molecule has 1 N–H and O–H groups in total. The molecule has 1 aliphatic rings. The summed E-state index contributed by atoms with van der Waals surface area (Å²) in [5.74, 6) is 0.939. The molecule has 1 aliphatic carbocycles. The van der Waals surface area contributed by atoms with Gasteiger partial charge in [0, 0.05) is 10.7 Å². The van der Waals surface area contributed by atoms with Gasteiger partial charge in [0.1, 0.15) is 5.82 Å². The van der Waals surface area contributed by atoms with Gasteiger partial charge in [0.15, 0.2) is 0 Å². The third kappa shape index (κ3) is 2.20. The van der Waals surface area contributed by atoms with Gasteiger partial charge >= 0.3 is 0 Å². The van der Waals surface area contributed by atoms with Crippen LogP contribution in [-0.4, -0.2) is 4.98 Å². The van der Waals surface area contributed by atoms with Crippen molar-refractivity contribution in [1.82, 2.24) is 4.98 Å². The monoisotopic (exact) mass is 288 g/mol. The predicted octanol–water partition coefficient (Wildman–Crippen LogP) is 3.95. The van der Waals surface area contributed by atoms with Crippen LogP contribution in [0.1, 0.15) is 18.4 Å². The number of anilines is 1. The fraction of sp³-hybridized carbons (Fsp3) is 0.214. The van der Waals surface area contributed by atoms with E-state index in [9.17, 15) is 0 Å². The van der Waals surface area contributed by atoms with Crippen molar-refractivity contribution in [3.05, 3.63) is 58.7 Å². The molecule has 0 bridgehead atoms. The number of nitrogens with zero attached hydrogens (tertiary/aromatic N) is 1. The standard InChI is InChI=1S/C14H13BrN2/c15-12-6-7-13(16-10-12)17-14(8-9-14)11-4-2-1-3-5-11/h1-7,10H,8-9H2,(H,16,17). The summed E-state index contributed by atoms with van der Waals surface area (Å²) in [5.41, 5.74) is 1.46. The molecule has 1 heterocycles. The van der Waals surface area contributed by atoms with Crippen molar-refractivity contribution in [2.75, 3.05) is 5.32 Å². The minimum atomic E-state index is 0.113. The van der Waals surface area contributed by atoms with E-state index in [4.69, 9.17) is 0 Å². The summed E-state index contributed by atoms with van der Waals surface area (Å²) < 4.78 is 1.01. The Labute approximate surface area is 109 Å². The van der Waals surface area contributed by atoms with Crippen molar-refractivity contribution >= 4 is 21.7 Å². The molecule has 2 nitrogen and oxygen atoms in total. The molecule has 1 aromatic carbocycles. The van der Waals surface area contributed by atoms with Gasteiger partial charge in [0.05, 0.1) is 5.54 Å². The van der Waals surface area contributed by atoms with E-state index in [1.807, 2.05) is 18.3 Å². The number of pyridine rings is 1. The lowest BCUT2D eigenvalue weighted by molar-refractivity contribution is 0.800. The highest BCUT2D eigenvalue weighted by Crippen LogP contribution is 2.47. The normalized spacial score (nSPS) is 16.5. The van der Waals surface area contributed by atoms with Crippen molar-refractivity contribution < 1.29 is 0 Å². The lowest BCUT2D eigenvalue weighted by Gasteiger charge is -2.18. The van der Waals surface area contributed by atoms with Crippen LogP contribution in [0.5, 0.6) is 0 Å². The van der Waals surface area contributed by atoms with Crippen LogP contribution in [-0.2, 0) is 5.54 Å². The molecule has 0 spiro atoms. The van der Waals surface area contributed by atoms with E-state index < -0.39 is 0 Å². The molecule has 1 saturated carbocycles. The highest BCUT2D eigenvalue weighted by atomic mass is 79.9. The quantitative estimate of drug-likeness (QED) is 0.925. The van der Waals surface area contributed by atoms with Gasteiger partial charge in [0.25, 0.3) is 0 Å². The highest BCUT2D eigenvalue weighted by Gasteiger charge is 2.44. The Bertz CT molecular complexity index is 504. The Morgan fingerprint density at radius 1 is 1.06 bits per heavy atom. The molecular weight excluding hydrogens is 276 g/mol. The minimum absolute atomic E-state index is 0.113. The molecule has 0 saturated heterocycles. The second-order valence-corrected chi connectivity index (χ2v) is 5.35. The minimum Gasteiger partial charge on any atom is -0.361 e. The Morgan fingerprint density at radius 3 is 2.41 bits per heavy atom. The molecule has 1 fully saturated rings. The van der Waals surface area contributed by atoms with Gasteiger partial charge in [-0.3, -0.25) is 0 Å². The zero-order chi connectivity index (χ0) is 11.7. The van der Waals surface area contributed by atoms with Gasteiger partial charge in [-0.25, -0.2) is 4.98 Å². The van der Waals surface area contributed by atoms with Gasteiger partial charge in [-0.05, 0) is 46.5 Å². The molecule has 3 rings (SSSR count). The molecule has 0 atom stereocenters. The second kappa shape index (κ2) is 4.15. The van der Waals surface area contributed by atoms with Crippen molar-refractivity contribution in [2.45, 2.75) is 18.4 Å². The maximum Gasteiger partial charge on any atom is 0.126 e. The molecule has 0 radical (unpaired) electrons. The molecule has 0 aliphatic heterocycles. The van der Waals surface area contributed by atoms with Crippen LogP contribution in [0.15, 0.2) is 53.1 Å². The van der Waals surface area contributed by atoms with Crippen LogP contribution < -0.4 is 5.32 Å². The number of benzene rings is 1. The Kier molecular flexibility index (Phi) is 2.63. The second-order valence-electron chi connectivity index (χ2n) is 4.43.